The Morgan fingerprint density at radius 1 is 1.03 bits per heavy atom. The molecule has 0 spiro atoms. The summed E-state index contributed by atoms with van der Waals surface area (Å²) in [6.45, 7) is 4.38. The fourth-order valence-electron chi connectivity index (χ4n) is 4.04. The van der Waals surface area contributed by atoms with Gasteiger partial charge in [0.05, 0.1) is 18.4 Å². The first-order chi connectivity index (χ1) is 15.4. The molecule has 0 radical (unpaired) electrons. The average Bonchev–Trinajstić information content (AvgIpc) is 3.33. The molecule has 2 heterocycles. The molecule has 2 amide bonds. The second-order valence-electron chi connectivity index (χ2n) is 7.77. The second-order valence-corrected chi connectivity index (χ2v) is 7.77. The quantitative estimate of drug-likeness (QED) is 0.620. The number of hydrogen-bond donors (Lipinski definition) is 0. The van der Waals surface area contributed by atoms with Gasteiger partial charge in [0.25, 0.3) is 11.8 Å². The summed E-state index contributed by atoms with van der Waals surface area (Å²) in [6, 6.07) is 10.7. The molecule has 1 fully saturated rings. The number of methoxy groups -OCH3 is 1. The van der Waals surface area contributed by atoms with Crippen LogP contribution in [0.3, 0.4) is 0 Å². The molecule has 1 saturated heterocycles. The topological polar surface area (TPSA) is 93.5 Å². The number of carbonyl (C=O) groups excluding carboxylic acids is 2. The van der Waals surface area contributed by atoms with Crippen molar-refractivity contribution in [3.05, 3.63) is 65.7 Å². The van der Waals surface area contributed by atoms with E-state index in [1.165, 1.54) is 30.3 Å². The highest BCUT2D eigenvalue weighted by atomic mass is 19.1. The van der Waals surface area contributed by atoms with Gasteiger partial charge in [-0.25, -0.2) is 9.07 Å². The number of rotatable bonds is 4. The number of tetrazole rings is 1. The second kappa shape index (κ2) is 8.74. The average molecular weight is 438 g/mol. The van der Waals surface area contributed by atoms with Crippen LogP contribution >= 0.6 is 0 Å². The lowest BCUT2D eigenvalue weighted by Crippen LogP contribution is -2.59. The minimum Gasteiger partial charge on any atom is -0.497 e. The van der Waals surface area contributed by atoms with Gasteiger partial charge in [-0.2, -0.15) is 0 Å². The molecule has 0 aliphatic carbocycles. The number of ether oxygens (including phenoxy) is 1. The number of halogens is 1. The van der Waals surface area contributed by atoms with E-state index >= 15 is 0 Å². The highest BCUT2D eigenvalue weighted by Crippen LogP contribution is 2.23. The first-order valence-corrected chi connectivity index (χ1v) is 10.2. The zero-order valence-corrected chi connectivity index (χ0v) is 18.0. The van der Waals surface area contributed by atoms with Gasteiger partial charge in [-0.15, -0.1) is 5.10 Å². The van der Waals surface area contributed by atoms with Crippen LogP contribution in [0.5, 0.6) is 5.75 Å². The van der Waals surface area contributed by atoms with E-state index in [1.54, 1.807) is 40.1 Å². The van der Waals surface area contributed by atoms with E-state index in [9.17, 15) is 14.0 Å². The van der Waals surface area contributed by atoms with E-state index in [0.29, 0.717) is 24.4 Å². The van der Waals surface area contributed by atoms with Gasteiger partial charge in [0.15, 0.2) is 0 Å². The predicted molar refractivity (Wildman–Crippen MR) is 113 cm³/mol. The van der Waals surface area contributed by atoms with E-state index in [0.717, 1.165) is 5.69 Å². The Morgan fingerprint density at radius 2 is 1.72 bits per heavy atom. The van der Waals surface area contributed by atoms with Gasteiger partial charge in [0.1, 0.15) is 17.9 Å². The van der Waals surface area contributed by atoms with Crippen molar-refractivity contribution >= 4 is 11.8 Å². The molecule has 10 heteroatoms. The summed E-state index contributed by atoms with van der Waals surface area (Å²) in [5, 5.41) is 11.0. The van der Waals surface area contributed by atoms with Gasteiger partial charge in [-0.1, -0.05) is 0 Å². The van der Waals surface area contributed by atoms with E-state index in [-0.39, 0.29) is 23.6 Å². The van der Waals surface area contributed by atoms with Crippen LogP contribution in [0.25, 0.3) is 5.69 Å². The van der Waals surface area contributed by atoms with E-state index in [1.807, 2.05) is 13.8 Å². The number of nitrogens with zero attached hydrogens (tertiary/aromatic N) is 6. The highest BCUT2D eigenvalue weighted by Gasteiger charge is 2.36. The summed E-state index contributed by atoms with van der Waals surface area (Å²) in [5.41, 5.74) is 1.26. The molecule has 3 aromatic rings. The number of aromatic nitrogens is 4. The maximum absolute atomic E-state index is 14.4. The molecule has 4 rings (SSSR count). The van der Waals surface area contributed by atoms with Crippen LogP contribution in [-0.2, 0) is 0 Å². The first-order valence-electron chi connectivity index (χ1n) is 10.2. The lowest BCUT2D eigenvalue weighted by atomic mass is 10.0. The molecule has 166 valence electrons. The first kappa shape index (κ1) is 21.4. The monoisotopic (exact) mass is 438 g/mol. The van der Waals surface area contributed by atoms with Gasteiger partial charge in [0, 0.05) is 36.8 Å². The van der Waals surface area contributed by atoms with Crippen LogP contribution in [0.2, 0.25) is 0 Å². The molecule has 2 atom stereocenters. The highest BCUT2D eigenvalue weighted by molar-refractivity contribution is 5.96. The number of amides is 2. The lowest BCUT2D eigenvalue weighted by Gasteiger charge is -2.44. The van der Waals surface area contributed by atoms with Crippen molar-refractivity contribution in [1.82, 2.24) is 30.0 Å². The van der Waals surface area contributed by atoms with Crippen molar-refractivity contribution in [2.45, 2.75) is 25.9 Å². The summed E-state index contributed by atoms with van der Waals surface area (Å²) in [4.78, 5) is 29.5. The molecular formula is C22H23FN6O3. The van der Waals surface area contributed by atoms with Crippen molar-refractivity contribution in [3.8, 4) is 11.4 Å². The molecule has 1 aliphatic rings. The SMILES string of the molecule is COc1ccc(C(=O)N2C[C@@H](C)N(C(=O)c3ccc(-n4cnnn4)cc3)[C@H](C)C2)c(F)c1. The van der Waals surface area contributed by atoms with Crippen molar-refractivity contribution in [1.29, 1.82) is 0 Å². The Morgan fingerprint density at radius 3 is 2.28 bits per heavy atom. The van der Waals surface area contributed by atoms with Crippen molar-refractivity contribution in [2.24, 2.45) is 0 Å². The minimum absolute atomic E-state index is 0.0110. The van der Waals surface area contributed by atoms with Crippen LogP contribution in [0.15, 0.2) is 48.8 Å². The summed E-state index contributed by atoms with van der Waals surface area (Å²) >= 11 is 0. The largest absolute Gasteiger partial charge is 0.497 e. The summed E-state index contributed by atoms with van der Waals surface area (Å²) in [7, 11) is 1.44. The van der Waals surface area contributed by atoms with Gasteiger partial charge in [-0.3, -0.25) is 9.59 Å². The van der Waals surface area contributed by atoms with Gasteiger partial charge in [0.2, 0.25) is 0 Å². The number of piperazine rings is 1. The standard InChI is InChI=1S/C22H23FN6O3/c1-14-11-27(22(31)19-9-8-18(32-3)10-20(19)23)12-15(2)29(14)21(30)16-4-6-17(7-5-16)28-13-24-25-26-28/h4-10,13-15H,11-12H2,1-3H3/t14-,15-/m1/s1. The van der Waals surface area contributed by atoms with Gasteiger partial charge < -0.3 is 14.5 Å². The Balaban J connectivity index is 1.48. The Bertz CT molecular complexity index is 1110. The molecule has 32 heavy (non-hydrogen) atoms. The van der Waals surface area contributed by atoms with Crippen LogP contribution in [0.4, 0.5) is 4.39 Å². The van der Waals surface area contributed by atoms with Crippen molar-refractivity contribution < 1.29 is 18.7 Å². The summed E-state index contributed by atoms with van der Waals surface area (Å²) < 4.78 is 20.9. The maximum atomic E-state index is 14.4. The van der Waals surface area contributed by atoms with Crippen LogP contribution in [0, 0.1) is 5.82 Å². The van der Waals surface area contributed by atoms with Crippen molar-refractivity contribution in [3.63, 3.8) is 0 Å². The predicted octanol–water partition coefficient (Wildman–Crippen LogP) is 2.19. The van der Waals surface area contributed by atoms with E-state index in [4.69, 9.17) is 4.74 Å². The normalized spacial score (nSPS) is 18.5. The van der Waals surface area contributed by atoms with E-state index < -0.39 is 11.7 Å². The summed E-state index contributed by atoms with van der Waals surface area (Å²) in [6.07, 6.45) is 1.48. The third-order valence-electron chi connectivity index (χ3n) is 5.58. The molecule has 0 N–H and O–H groups in total. The molecule has 1 aromatic heterocycles. The Kier molecular flexibility index (Phi) is 5.85. The maximum Gasteiger partial charge on any atom is 0.256 e. The molecule has 2 aromatic carbocycles. The third kappa shape index (κ3) is 4.03. The number of benzene rings is 2. The third-order valence-corrected chi connectivity index (χ3v) is 5.58. The van der Waals surface area contributed by atoms with Crippen LogP contribution in [-0.4, -0.2) is 74.1 Å². The zero-order valence-electron chi connectivity index (χ0n) is 18.0. The molecule has 9 nitrogen and oxygen atoms in total. The van der Waals surface area contributed by atoms with Crippen molar-refractivity contribution in [2.75, 3.05) is 20.2 Å². The fraction of sp³-hybridized carbons (Fsp3) is 0.318. The lowest BCUT2D eigenvalue weighted by molar-refractivity contribution is 0.0252. The van der Waals surface area contributed by atoms with Crippen LogP contribution < -0.4 is 4.74 Å². The number of carbonyl (C=O) groups is 2. The van der Waals surface area contributed by atoms with Gasteiger partial charge >= 0.3 is 0 Å². The number of hydrogen-bond acceptors (Lipinski definition) is 6. The molecule has 0 bridgehead atoms. The Hall–Kier alpha value is -3.82. The van der Waals surface area contributed by atoms with E-state index in [2.05, 4.69) is 15.5 Å². The molecule has 0 saturated carbocycles. The molecular weight excluding hydrogens is 415 g/mol. The smallest absolute Gasteiger partial charge is 0.256 e. The fourth-order valence-corrected chi connectivity index (χ4v) is 4.04. The summed E-state index contributed by atoms with van der Waals surface area (Å²) in [5.74, 6) is -0.809. The van der Waals surface area contributed by atoms with Crippen LogP contribution in [0.1, 0.15) is 34.6 Å². The Labute approximate surface area is 184 Å². The molecule has 1 aliphatic heterocycles. The molecule has 0 unspecified atom stereocenters. The minimum atomic E-state index is -0.629. The van der Waals surface area contributed by atoms with Gasteiger partial charge in [-0.05, 0) is 60.7 Å². The zero-order chi connectivity index (χ0) is 22.8.